The smallest absolute Gasteiger partial charge is 0.321 e. The van der Waals surface area contributed by atoms with Crippen LogP contribution in [0.25, 0.3) is 0 Å². The van der Waals surface area contributed by atoms with E-state index >= 15 is 0 Å². The van der Waals surface area contributed by atoms with Crippen LogP contribution in [0.15, 0.2) is 36.7 Å². The van der Waals surface area contributed by atoms with Gasteiger partial charge in [0.2, 0.25) is 0 Å². The number of aryl methyl sites for hydroxylation is 2. The Bertz CT molecular complexity index is 391. The summed E-state index contributed by atoms with van der Waals surface area (Å²) in [5, 5.41) is 0. The van der Waals surface area contributed by atoms with Gasteiger partial charge in [0.25, 0.3) is 0 Å². The minimum Gasteiger partial charge on any atom is -0.424 e. The van der Waals surface area contributed by atoms with Gasteiger partial charge in [-0.25, -0.2) is 9.97 Å². The molecule has 0 aliphatic rings. The highest BCUT2D eigenvalue weighted by molar-refractivity contribution is 5.28. The first-order valence-electron chi connectivity index (χ1n) is 4.77. The fraction of sp³-hybridized carbons (Fsp3) is 0.167. The van der Waals surface area contributed by atoms with Gasteiger partial charge >= 0.3 is 6.01 Å². The molecule has 0 amide bonds. The van der Waals surface area contributed by atoms with Crippen LogP contribution in [0.4, 0.5) is 0 Å². The van der Waals surface area contributed by atoms with Crippen LogP contribution >= 0.6 is 0 Å². The van der Waals surface area contributed by atoms with Crippen molar-refractivity contribution in [2.75, 3.05) is 0 Å². The van der Waals surface area contributed by atoms with E-state index in [2.05, 4.69) is 9.97 Å². The average molecular weight is 200 g/mol. The second kappa shape index (κ2) is 4.09. The van der Waals surface area contributed by atoms with Gasteiger partial charge in [-0.3, -0.25) is 0 Å². The number of aromatic nitrogens is 2. The van der Waals surface area contributed by atoms with E-state index in [0.717, 1.165) is 11.3 Å². The molecule has 0 unspecified atom stereocenters. The van der Waals surface area contributed by atoms with Crippen molar-refractivity contribution in [3.05, 3.63) is 47.8 Å². The maximum Gasteiger partial charge on any atom is 0.321 e. The van der Waals surface area contributed by atoms with E-state index in [9.17, 15) is 0 Å². The first-order chi connectivity index (χ1) is 7.24. The highest BCUT2D eigenvalue weighted by Crippen LogP contribution is 2.17. The lowest BCUT2D eigenvalue weighted by molar-refractivity contribution is 0.441. The Morgan fingerprint density at radius 3 is 2.07 bits per heavy atom. The maximum atomic E-state index is 5.47. The number of rotatable bonds is 2. The minimum absolute atomic E-state index is 0.379. The molecule has 1 heterocycles. The summed E-state index contributed by atoms with van der Waals surface area (Å²) < 4.78 is 5.47. The van der Waals surface area contributed by atoms with Crippen LogP contribution in [0, 0.1) is 13.8 Å². The molecule has 76 valence electrons. The second-order valence-corrected chi connectivity index (χ2v) is 3.46. The van der Waals surface area contributed by atoms with Crippen molar-refractivity contribution < 1.29 is 4.74 Å². The molecule has 1 aromatic heterocycles. The summed E-state index contributed by atoms with van der Waals surface area (Å²) in [4.78, 5) is 8.13. The molecule has 0 saturated carbocycles. The molecule has 0 aliphatic carbocycles. The lowest BCUT2D eigenvalue weighted by atomic mass is 10.2. The Morgan fingerprint density at radius 2 is 1.47 bits per heavy atom. The Labute approximate surface area is 88.8 Å². The Balaban J connectivity index is 2.15. The van der Waals surface area contributed by atoms with Gasteiger partial charge in [-0.05, 0) is 31.5 Å². The van der Waals surface area contributed by atoms with Crippen molar-refractivity contribution in [3.8, 4) is 11.8 Å². The number of nitrogens with zero attached hydrogens (tertiary/aromatic N) is 2. The normalized spacial score (nSPS) is 10.0. The summed E-state index contributed by atoms with van der Waals surface area (Å²) in [5.41, 5.74) is 2.22. The molecule has 0 aliphatic heterocycles. The molecule has 0 atom stereocenters. The van der Waals surface area contributed by atoms with Gasteiger partial charge in [0, 0.05) is 12.4 Å². The van der Waals surface area contributed by atoms with E-state index in [1.165, 1.54) is 5.56 Å². The standard InChI is InChI=1S/C12H12N2O/c1-9-3-5-11(6-4-9)15-12-13-7-10(2)8-14-12/h3-8H,1-2H3. The lowest BCUT2D eigenvalue weighted by Crippen LogP contribution is -1.91. The fourth-order valence-electron chi connectivity index (χ4n) is 1.15. The highest BCUT2D eigenvalue weighted by atomic mass is 16.5. The van der Waals surface area contributed by atoms with E-state index in [1.54, 1.807) is 12.4 Å². The molecule has 0 spiro atoms. The van der Waals surface area contributed by atoms with Gasteiger partial charge in [-0.2, -0.15) is 0 Å². The molecule has 0 bridgehead atoms. The molecule has 3 nitrogen and oxygen atoms in total. The van der Waals surface area contributed by atoms with E-state index < -0.39 is 0 Å². The molecule has 0 saturated heterocycles. The summed E-state index contributed by atoms with van der Waals surface area (Å²) in [7, 11) is 0. The summed E-state index contributed by atoms with van der Waals surface area (Å²) in [6, 6.07) is 8.16. The number of hydrogen-bond acceptors (Lipinski definition) is 3. The van der Waals surface area contributed by atoms with Crippen LogP contribution in [0.1, 0.15) is 11.1 Å². The SMILES string of the molecule is Cc1ccc(Oc2ncc(C)cn2)cc1. The molecule has 15 heavy (non-hydrogen) atoms. The van der Waals surface area contributed by atoms with Crippen LogP contribution in [-0.4, -0.2) is 9.97 Å². The molecule has 0 radical (unpaired) electrons. The van der Waals surface area contributed by atoms with Crippen LogP contribution in [0.5, 0.6) is 11.8 Å². The molecule has 0 N–H and O–H groups in total. The molecule has 3 heteroatoms. The molecule has 1 aromatic carbocycles. The Kier molecular flexibility index (Phi) is 2.63. The van der Waals surface area contributed by atoms with E-state index in [-0.39, 0.29) is 0 Å². The maximum absolute atomic E-state index is 5.47. The van der Waals surface area contributed by atoms with Crippen LogP contribution in [0.3, 0.4) is 0 Å². The Hall–Kier alpha value is -1.90. The van der Waals surface area contributed by atoms with Gasteiger partial charge in [-0.15, -0.1) is 0 Å². The van der Waals surface area contributed by atoms with Crippen molar-refractivity contribution in [3.63, 3.8) is 0 Å². The average Bonchev–Trinajstić information content (AvgIpc) is 2.25. The molecule has 0 fully saturated rings. The summed E-state index contributed by atoms with van der Waals surface area (Å²) in [6.45, 7) is 3.97. The van der Waals surface area contributed by atoms with Gasteiger partial charge < -0.3 is 4.74 Å². The third-order valence-corrected chi connectivity index (χ3v) is 1.99. The van der Waals surface area contributed by atoms with Crippen molar-refractivity contribution in [2.45, 2.75) is 13.8 Å². The third kappa shape index (κ3) is 2.53. The van der Waals surface area contributed by atoms with E-state index in [1.807, 2.05) is 38.1 Å². The highest BCUT2D eigenvalue weighted by Gasteiger charge is 1.98. The largest absolute Gasteiger partial charge is 0.424 e. The summed E-state index contributed by atoms with van der Waals surface area (Å²) in [6.07, 6.45) is 3.47. The van der Waals surface area contributed by atoms with Gasteiger partial charge in [0.1, 0.15) is 5.75 Å². The predicted octanol–water partition coefficient (Wildman–Crippen LogP) is 2.89. The zero-order valence-electron chi connectivity index (χ0n) is 8.77. The number of hydrogen-bond donors (Lipinski definition) is 0. The summed E-state index contributed by atoms with van der Waals surface area (Å²) >= 11 is 0. The predicted molar refractivity (Wildman–Crippen MR) is 58.0 cm³/mol. The zero-order chi connectivity index (χ0) is 10.7. The van der Waals surface area contributed by atoms with E-state index in [4.69, 9.17) is 4.74 Å². The van der Waals surface area contributed by atoms with Crippen molar-refractivity contribution in [2.24, 2.45) is 0 Å². The molecule has 2 aromatic rings. The molecule has 2 rings (SSSR count). The van der Waals surface area contributed by atoms with Gasteiger partial charge in [0.15, 0.2) is 0 Å². The van der Waals surface area contributed by atoms with Crippen LogP contribution in [0.2, 0.25) is 0 Å². The summed E-state index contributed by atoms with van der Waals surface area (Å²) in [5.74, 6) is 0.754. The van der Waals surface area contributed by atoms with Crippen molar-refractivity contribution >= 4 is 0 Å². The quantitative estimate of drug-likeness (QED) is 0.747. The first kappa shape index (κ1) is 9.65. The number of benzene rings is 1. The molecular formula is C12H12N2O. The molecular weight excluding hydrogens is 188 g/mol. The lowest BCUT2D eigenvalue weighted by Gasteiger charge is -2.03. The second-order valence-electron chi connectivity index (χ2n) is 3.46. The van der Waals surface area contributed by atoms with Crippen molar-refractivity contribution in [1.29, 1.82) is 0 Å². The fourth-order valence-corrected chi connectivity index (χ4v) is 1.15. The number of ether oxygens (including phenoxy) is 1. The van der Waals surface area contributed by atoms with E-state index in [0.29, 0.717) is 6.01 Å². The Morgan fingerprint density at radius 1 is 0.867 bits per heavy atom. The minimum atomic E-state index is 0.379. The monoisotopic (exact) mass is 200 g/mol. The van der Waals surface area contributed by atoms with Crippen molar-refractivity contribution in [1.82, 2.24) is 9.97 Å². The van der Waals surface area contributed by atoms with Gasteiger partial charge in [-0.1, -0.05) is 17.7 Å². The van der Waals surface area contributed by atoms with Crippen LogP contribution in [-0.2, 0) is 0 Å². The zero-order valence-corrected chi connectivity index (χ0v) is 8.77. The van der Waals surface area contributed by atoms with Gasteiger partial charge in [0.05, 0.1) is 0 Å². The topological polar surface area (TPSA) is 35.0 Å². The van der Waals surface area contributed by atoms with Crippen LogP contribution < -0.4 is 4.74 Å². The third-order valence-electron chi connectivity index (χ3n) is 1.99. The first-order valence-corrected chi connectivity index (χ1v) is 4.77.